The molecule has 128 valence electrons. The van der Waals surface area contributed by atoms with Crippen molar-refractivity contribution in [2.45, 2.75) is 24.7 Å². The molecule has 1 saturated carbocycles. The highest BCUT2D eigenvalue weighted by Crippen LogP contribution is 2.28. The molecule has 6 nitrogen and oxygen atoms in total. The summed E-state index contributed by atoms with van der Waals surface area (Å²) in [5, 5.41) is 6.43. The van der Waals surface area contributed by atoms with Gasteiger partial charge in [-0.2, -0.15) is 0 Å². The van der Waals surface area contributed by atoms with Crippen LogP contribution in [0.15, 0.2) is 34.2 Å². The molecule has 0 spiro atoms. The van der Waals surface area contributed by atoms with Gasteiger partial charge in [0.05, 0.1) is 11.4 Å². The fourth-order valence-corrected chi connectivity index (χ4v) is 2.61. The first-order chi connectivity index (χ1) is 11.0. The van der Waals surface area contributed by atoms with Gasteiger partial charge in [-0.25, -0.2) is 8.42 Å². The Morgan fingerprint density at radius 1 is 1.26 bits per heavy atom. The SMILES string of the molecule is CCNC(=NCC1CC1)NCCOc1ccc(S(C)(=O)=O)cc1. The zero-order valence-electron chi connectivity index (χ0n) is 13.7. The molecule has 0 saturated heterocycles. The predicted octanol–water partition coefficient (Wildman–Crippen LogP) is 1.43. The number of hydrogen-bond donors (Lipinski definition) is 2. The van der Waals surface area contributed by atoms with Gasteiger partial charge in [0.2, 0.25) is 0 Å². The molecule has 0 atom stereocenters. The molecule has 7 heteroatoms. The number of sulfone groups is 1. The van der Waals surface area contributed by atoms with Gasteiger partial charge in [-0.15, -0.1) is 0 Å². The van der Waals surface area contributed by atoms with Crippen molar-refractivity contribution in [1.82, 2.24) is 10.6 Å². The summed E-state index contributed by atoms with van der Waals surface area (Å²) in [6, 6.07) is 6.45. The summed E-state index contributed by atoms with van der Waals surface area (Å²) >= 11 is 0. The molecule has 2 N–H and O–H groups in total. The third-order valence-electron chi connectivity index (χ3n) is 3.46. The zero-order valence-corrected chi connectivity index (χ0v) is 14.5. The second kappa shape index (κ2) is 8.19. The third-order valence-corrected chi connectivity index (χ3v) is 4.59. The Bertz CT molecular complexity index is 622. The summed E-state index contributed by atoms with van der Waals surface area (Å²) in [7, 11) is -3.16. The van der Waals surface area contributed by atoms with E-state index >= 15 is 0 Å². The lowest BCUT2D eigenvalue weighted by atomic mass is 10.3. The number of benzene rings is 1. The molecule has 0 radical (unpaired) electrons. The minimum Gasteiger partial charge on any atom is -0.492 e. The molecule has 0 aliphatic heterocycles. The van der Waals surface area contributed by atoms with Crippen molar-refractivity contribution >= 4 is 15.8 Å². The Labute approximate surface area is 138 Å². The molecule has 1 aromatic rings. The molecule has 0 amide bonds. The molecule has 23 heavy (non-hydrogen) atoms. The Kier molecular flexibility index (Phi) is 6.27. The average molecular weight is 339 g/mol. The van der Waals surface area contributed by atoms with Crippen molar-refractivity contribution in [3.05, 3.63) is 24.3 Å². The summed E-state index contributed by atoms with van der Waals surface area (Å²) < 4.78 is 28.4. The first kappa shape index (κ1) is 17.6. The quantitative estimate of drug-likeness (QED) is 0.425. The summed E-state index contributed by atoms with van der Waals surface area (Å²) in [5.74, 6) is 2.23. The maximum Gasteiger partial charge on any atom is 0.191 e. The van der Waals surface area contributed by atoms with Crippen LogP contribution in [0.5, 0.6) is 5.75 Å². The average Bonchev–Trinajstić information content (AvgIpc) is 3.33. The maximum atomic E-state index is 11.4. The largest absolute Gasteiger partial charge is 0.492 e. The van der Waals surface area contributed by atoms with Gasteiger partial charge >= 0.3 is 0 Å². The van der Waals surface area contributed by atoms with Gasteiger partial charge in [-0.3, -0.25) is 4.99 Å². The Morgan fingerprint density at radius 2 is 1.96 bits per heavy atom. The number of hydrogen-bond acceptors (Lipinski definition) is 4. The topological polar surface area (TPSA) is 79.8 Å². The van der Waals surface area contributed by atoms with Crippen LogP contribution in [0.4, 0.5) is 0 Å². The second-order valence-electron chi connectivity index (χ2n) is 5.68. The molecule has 1 aliphatic rings. The molecule has 0 aromatic heterocycles. The Morgan fingerprint density at radius 3 is 2.52 bits per heavy atom. The molecule has 0 heterocycles. The van der Waals surface area contributed by atoms with E-state index in [0.717, 1.165) is 25.0 Å². The number of nitrogens with zero attached hydrogens (tertiary/aromatic N) is 1. The number of nitrogens with one attached hydrogen (secondary N) is 2. The minimum atomic E-state index is -3.16. The molecule has 2 rings (SSSR count). The first-order valence-corrected chi connectivity index (χ1v) is 9.83. The van der Waals surface area contributed by atoms with E-state index in [4.69, 9.17) is 4.74 Å². The van der Waals surface area contributed by atoms with Crippen molar-refractivity contribution in [2.24, 2.45) is 10.9 Å². The van der Waals surface area contributed by atoms with Crippen LogP contribution in [-0.4, -0.2) is 46.9 Å². The van der Waals surface area contributed by atoms with Gasteiger partial charge in [0.1, 0.15) is 12.4 Å². The Balaban J connectivity index is 1.73. The third kappa shape index (κ3) is 6.48. The van der Waals surface area contributed by atoms with E-state index in [-0.39, 0.29) is 0 Å². The number of guanidine groups is 1. The predicted molar refractivity (Wildman–Crippen MR) is 91.8 cm³/mol. The number of rotatable bonds is 8. The molecule has 0 unspecified atom stereocenters. The van der Waals surface area contributed by atoms with Gasteiger partial charge in [0.25, 0.3) is 0 Å². The van der Waals surface area contributed by atoms with Crippen LogP contribution in [0.2, 0.25) is 0 Å². The van der Waals surface area contributed by atoms with Crippen molar-refractivity contribution in [3.63, 3.8) is 0 Å². The zero-order chi connectivity index (χ0) is 16.7. The van der Waals surface area contributed by atoms with Crippen molar-refractivity contribution in [2.75, 3.05) is 32.5 Å². The highest BCUT2D eigenvalue weighted by molar-refractivity contribution is 7.90. The van der Waals surface area contributed by atoms with Gasteiger partial charge in [-0.1, -0.05) is 0 Å². The van der Waals surface area contributed by atoms with Crippen molar-refractivity contribution in [3.8, 4) is 5.75 Å². The monoisotopic (exact) mass is 339 g/mol. The fourth-order valence-electron chi connectivity index (χ4n) is 1.98. The first-order valence-electron chi connectivity index (χ1n) is 7.94. The van der Waals surface area contributed by atoms with Crippen LogP contribution < -0.4 is 15.4 Å². The molecular formula is C16H25N3O3S. The van der Waals surface area contributed by atoms with Gasteiger partial charge in [0.15, 0.2) is 15.8 Å². The van der Waals surface area contributed by atoms with E-state index in [1.165, 1.54) is 19.1 Å². The minimum absolute atomic E-state index is 0.296. The van der Waals surface area contributed by atoms with E-state index < -0.39 is 9.84 Å². The van der Waals surface area contributed by atoms with E-state index in [9.17, 15) is 8.42 Å². The van der Waals surface area contributed by atoms with Crippen LogP contribution in [-0.2, 0) is 9.84 Å². The van der Waals surface area contributed by atoms with Crippen molar-refractivity contribution < 1.29 is 13.2 Å². The summed E-state index contributed by atoms with van der Waals surface area (Å²) in [6.07, 6.45) is 3.76. The lowest BCUT2D eigenvalue weighted by molar-refractivity contribution is 0.321. The van der Waals surface area contributed by atoms with E-state index in [1.807, 2.05) is 6.92 Å². The van der Waals surface area contributed by atoms with Crippen LogP contribution in [0, 0.1) is 5.92 Å². The highest BCUT2D eigenvalue weighted by atomic mass is 32.2. The molecule has 1 fully saturated rings. The second-order valence-corrected chi connectivity index (χ2v) is 7.70. The van der Waals surface area contributed by atoms with Crippen molar-refractivity contribution in [1.29, 1.82) is 0 Å². The summed E-state index contributed by atoms with van der Waals surface area (Å²) in [4.78, 5) is 4.83. The van der Waals surface area contributed by atoms with Gasteiger partial charge < -0.3 is 15.4 Å². The number of aliphatic imine (C=N–C) groups is 1. The lowest BCUT2D eigenvalue weighted by Gasteiger charge is -2.12. The molecular weight excluding hydrogens is 314 g/mol. The summed E-state index contributed by atoms with van der Waals surface area (Å²) in [5.41, 5.74) is 0. The smallest absolute Gasteiger partial charge is 0.191 e. The molecule has 1 aliphatic carbocycles. The van der Waals surface area contributed by atoms with E-state index in [1.54, 1.807) is 24.3 Å². The normalized spacial score (nSPS) is 15.3. The number of ether oxygens (including phenoxy) is 1. The molecule has 0 bridgehead atoms. The van der Waals surface area contributed by atoms with Crippen LogP contribution in [0.1, 0.15) is 19.8 Å². The van der Waals surface area contributed by atoms with Gasteiger partial charge in [-0.05, 0) is 49.9 Å². The standard InChI is InChI=1S/C16H25N3O3S/c1-3-17-16(19-12-13-4-5-13)18-10-11-22-14-6-8-15(9-7-14)23(2,20)21/h6-9,13H,3-5,10-12H2,1-2H3,(H2,17,18,19). The van der Waals surface area contributed by atoms with Crippen LogP contribution >= 0.6 is 0 Å². The van der Waals surface area contributed by atoms with E-state index in [2.05, 4.69) is 15.6 Å². The summed E-state index contributed by atoms with van der Waals surface area (Å²) in [6.45, 7) is 4.85. The maximum absolute atomic E-state index is 11.4. The Hall–Kier alpha value is -1.76. The lowest BCUT2D eigenvalue weighted by Crippen LogP contribution is -2.39. The van der Waals surface area contributed by atoms with Crippen LogP contribution in [0.3, 0.4) is 0 Å². The molecule has 1 aromatic carbocycles. The van der Waals surface area contributed by atoms with Crippen LogP contribution in [0.25, 0.3) is 0 Å². The fraction of sp³-hybridized carbons (Fsp3) is 0.562. The highest BCUT2D eigenvalue weighted by Gasteiger charge is 2.20. The van der Waals surface area contributed by atoms with E-state index in [0.29, 0.717) is 23.8 Å². The van der Waals surface area contributed by atoms with Gasteiger partial charge in [0, 0.05) is 19.3 Å².